The number of nitrogens with one attached hydrogen (secondary N) is 3. The summed E-state index contributed by atoms with van der Waals surface area (Å²) in [5.74, 6) is 0.786. The highest BCUT2D eigenvalue weighted by Gasteiger charge is 2.20. The third-order valence-electron chi connectivity index (χ3n) is 3.95. The second-order valence-corrected chi connectivity index (χ2v) is 5.28. The Morgan fingerprint density at radius 2 is 2.38 bits per heavy atom. The number of imidazole rings is 1. The zero-order valence-electron chi connectivity index (χ0n) is 12.1. The highest BCUT2D eigenvalue weighted by molar-refractivity contribution is 5.96. The number of hydrogen-bond acceptors (Lipinski definition) is 3. The van der Waals surface area contributed by atoms with E-state index in [0.29, 0.717) is 0 Å². The molecule has 1 aromatic heterocycles. The molecule has 0 aliphatic carbocycles. The maximum Gasteiger partial charge on any atom is 0.252 e. The van der Waals surface area contributed by atoms with Crippen molar-refractivity contribution in [3.63, 3.8) is 0 Å². The lowest BCUT2D eigenvalue weighted by molar-refractivity contribution is 0.0932. The van der Waals surface area contributed by atoms with Crippen LogP contribution in [0, 0.1) is 0 Å². The average Bonchev–Trinajstić information content (AvgIpc) is 3.06. The van der Waals surface area contributed by atoms with Gasteiger partial charge in [0.2, 0.25) is 0 Å². The number of nitrogens with zero attached hydrogens (tertiary/aromatic N) is 1. The van der Waals surface area contributed by atoms with Gasteiger partial charge in [-0.2, -0.15) is 0 Å². The van der Waals surface area contributed by atoms with Crippen LogP contribution in [-0.2, 0) is 13.0 Å². The third-order valence-corrected chi connectivity index (χ3v) is 3.95. The number of hydrogen-bond donors (Lipinski definition) is 3. The van der Waals surface area contributed by atoms with Gasteiger partial charge >= 0.3 is 0 Å². The second-order valence-electron chi connectivity index (χ2n) is 5.28. The summed E-state index contributed by atoms with van der Waals surface area (Å²) in [6.07, 6.45) is 5.19. The second kappa shape index (κ2) is 6.10. The number of carbonyl (C=O) groups is 1. The lowest BCUT2D eigenvalue weighted by atomic mass is 9.95. The van der Waals surface area contributed by atoms with Gasteiger partial charge in [0.05, 0.1) is 6.04 Å². The Labute approximate surface area is 124 Å². The van der Waals surface area contributed by atoms with Gasteiger partial charge in [0.1, 0.15) is 5.82 Å². The van der Waals surface area contributed by atoms with E-state index >= 15 is 0 Å². The van der Waals surface area contributed by atoms with E-state index in [4.69, 9.17) is 0 Å². The first-order valence-corrected chi connectivity index (χ1v) is 7.41. The van der Waals surface area contributed by atoms with E-state index in [0.717, 1.165) is 37.3 Å². The van der Waals surface area contributed by atoms with Crippen LogP contribution in [0.3, 0.4) is 0 Å². The van der Waals surface area contributed by atoms with Crippen molar-refractivity contribution in [2.24, 2.45) is 0 Å². The van der Waals surface area contributed by atoms with E-state index in [1.54, 1.807) is 12.4 Å². The van der Waals surface area contributed by atoms with Gasteiger partial charge in [-0.3, -0.25) is 4.79 Å². The number of aromatic amines is 1. The highest BCUT2D eigenvalue weighted by Crippen LogP contribution is 2.20. The summed E-state index contributed by atoms with van der Waals surface area (Å²) in [6.45, 7) is 3.80. The van der Waals surface area contributed by atoms with E-state index in [2.05, 4.69) is 26.7 Å². The molecule has 0 fully saturated rings. The summed E-state index contributed by atoms with van der Waals surface area (Å²) in [7, 11) is 0. The van der Waals surface area contributed by atoms with Crippen molar-refractivity contribution in [3.05, 3.63) is 53.1 Å². The summed E-state index contributed by atoms with van der Waals surface area (Å²) in [6, 6.07) is 5.87. The van der Waals surface area contributed by atoms with E-state index < -0.39 is 0 Å². The molecule has 3 rings (SSSR count). The summed E-state index contributed by atoms with van der Waals surface area (Å²) in [5, 5.41) is 6.42. The van der Waals surface area contributed by atoms with Crippen LogP contribution in [0.15, 0.2) is 30.6 Å². The van der Waals surface area contributed by atoms with Crippen molar-refractivity contribution in [1.82, 2.24) is 20.6 Å². The number of fused-ring (bicyclic) bond motifs is 1. The Balaban J connectivity index is 1.82. The molecule has 1 aliphatic rings. The fourth-order valence-corrected chi connectivity index (χ4v) is 2.81. The van der Waals surface area contributed by atoms with Crippen molar-refractivity contribution >= 4 is 5.91 Å². The smallest absolute Gasteiger partial charge is 0.252 e. The Bertz CT molecular complexity index is 621. The first-order chi connectivity index (χ1) is 10.3. The molecule has 110 valence electrons. The molecule has 1 amide bonds. The van der Waals surface area contributed by atoms with Gasteiger partial charge in [-0.1, -0.05) is 19.1 Å². The predicted molar refractivity (Wildman–Crippen MR) is 80.9 cm³/mol. The molecule has 0 spiro atoms. The number of aromatic nitrogens is 2. The molecule has 1 atom stereocenters. The molecule has 5 nitrogen and oxygen atoms in total. The maximum absolute atomic E-state index is 12.6. The molecule has 1 unspecified atom stereocenters. The topological polar surface area (TPSA) is 69.8 Å². The van der Waals surface area contributed by atoms with Crippen LogP contribution in [0.25, 0.3) is 0 Å². The van der Waals surface area contributed by atoms with E-state index in [1.165, 1.54) is 11.1 Å². The minimum absolute atomic E-state index is 0.0167. The quantitative estimate of drug-likeness (QED) is 0.803. The SMILES string of the molecule is CCC(NC(=O)c1cccc2c1CCNC2)c1ncc[nH]1. The maximum atomic E-state index is 12.6. The molecule has 2 heterocycles. The molecule has 0 saturated carbocycles. The molecule has 1 aliphatic heterocycles. The first-order valence-electron chi connectivity index (χ1n) is 7.41. The Morgan fingerprint density at radius 3 is 3.14 bits per heavy atom. The molecule has 0 radical (unpaired) electrons. The van der Waals surface area contributed by atoms with Crippen LogP contribution in [0.2, 0.25) is 0 Å². The molecule has 1 aromatic carbocycles. The predicted octanol–water partition coefficient (Wildman–Crippen LogP) is 1.94. The van der Waals surface area contributed by atoms with Crippen molar-refractivity contribution in [2.45, 2.75) is 32.4 Å². The van der Waals surface area contributed by atoms with Crippen LogP contribution in [0.4, 0.5) is 0 Å². The van der Waals surface area contributed by atoms with Gasteiger partial charge in [0.25, 0.3) is 5.91 Å². The van der Waals surface area contributed by atoms with Crippen LogP contribution < -0.4 is 10.6 Å². The summed E-state index contributed by atoms with van der Waals surface area (Å²) >= 11 is 0. The van der Waals surface area contributed by atoms with Crippen LogP contribution in [0.1, 0.15) is 46.7 Å². The first kappa shape index (κ1) is 13.8. The number of amides is 1. The number of rotatable bonds is 4. The van der Waals surface area contributed by atoms with Gasteiger partial charge < -0.3 is 15.6 Å². The summed E-state index contributed by atoms with van der Waals surface area (Å²) < 4.78 is 0. The van der Waals surface area contributed by atoms with Crippen molar-refractivity contribution in [1.29, 1.82) is 0 Å². The number of benzene rings is 1. The lowest BCUT2D eigenvalue weighted by Gasteiger charge is -2.21. The number of carbonyl (C=O) groups excluding carboxylic acids is 1. The van der Waals surface area contributed by atoms with Gasteiger partial charge in [-0.15, -0.1) is 0 Å². The molecule has 0 bridgehead atoms. The largest absolute Gasteiger partial charge is 0.347 e. The van der Waals surface area contributed by atoms with E-state index in [-0.39, 0.29) is 11.9 Å². The van der Waals surface area contributed by atoms with Crippen molar-refractivity contribution in [3.8, 4) is 0 Å². The molecule has 5 heteroatoms. The third kappa shape index (κ3) is 2.83. The van der Waals surface area contributed by atoms with Crippen LogP contribution in [0.5, 0.6) is 0 Å². The lowest BCUT2D eigenvalue weighted by Crippen LogP contribution is -2.32. The van der Waals surface area contributed by atoms with Crippen molar-refractivity contribution in [2.75, 3.05) is 6.54 Å². The Hall–Kier alpha value is -2.14. The van der Waals surface area contributed by atoms with Crippen molar-refractivity contribution < 1.29 is 4.79 Å². The number of H-pyrrole nitrogens is 1. The van der Waals surface area contributed by atoms with Crippen LogP contribution in [-0.4, -0.2) is 22.4 Å². The molecular formula is C16H20N4O. The van der Waals surface area contributed by atoms with Gasteiger partial charge in [-0.25, -0.2) is 4.98 Å². The van der Waals surface area contributed by atoms with Gasteiger partial charge in [-0.05, 0) is 36.6 Å². The minimum atomic E-state index is -0.0786. The zero-order valence-corrected chi connectivity index (χ0v) is 12.1. The van der Waals surface area contributed by atoms with E-state index in [1.807, 2.05) is 19.1 Å². The normalized spacial score (nSPS) is 15.3. The van der Waals surface area contributed by atoms with Gasteiger partial charge in [0.15, 0.2) is 0 Å². The van der Waals surface area contributed by atoms with Crippen LogP contribution >= 0.6 is 0 Å². The minimum Gasteiger partial charge on any atom is -0.347 e. The van der Waals surface area contributed by atoms with Gasteiger partial charge in [0, 0.05) is 24.5 Å². The highest BCUT2D eigenvalue weighted by atomic mass is 16.1. The van der Waals surface area contributed by atoms with E-state index in [9.17, 15) is 4.79 Å². The average molecular weight is 284 g/mol. The summed E-state index contributed by atoms with van der Waals surface area (Å²) in [5.41, 5.74) is 3.18. The Kier molecular flexibility index (Phi) is 4.01. The monoisotopic (exact) mass is 284 g/mol. The molecular weight excluding hydrogens is 264 g/mol. The summed E-state index contributed by atoms with van der Waals surface area (Å²) in [4.78, 5) is 19.9. The Morgan fingerprint density at radius 1 is 1.48 bits per heavy atom. The zero-order chi connectivity index (χ0) is 14.7. The fraction of sp³-hybridized carbons (Fsp3) is 0.375. The molecule has 0 saturated heterocycles. The molecule has 2 aromatic rings. The molecule has 3 N–H and O–H groups in total. The fourth-order valence-electron chi connectivity index (χ4n) is 2.81. The standard InChI is InChI=1S/C16H20N4O/c1-2-14(15-18-8-9-19-15)20-16(21)13-5-3-4-11-10-17-7-6-12(11)13/h3-5,8-9,14,17H,2,6-7,10H2,1H3,(H,18,19)(H,20,21). The molecule has 21 heavy (non-hydrogen) atoms.